The normalized spacial score (nSPS) is 26.4. The van der Waals surface area contributed by atoms with Crippen LogP contribution in [0, 0.1) is 0 Å². The first kappa shape index (κ1) is 17.9. The Hall–Kier alpha value is -1.44. The van der Waals surface area contributed by atoms with E-state index in [2.05, 4.69) is 7.05 Å². The molecule has 26 heavy (non-hydrogen) atoms. The first-order chi connectivity index (χ1) is 12.6. The average molecular weight is 379 g/mol. The topological polar surface area (TPSA) is 54.3 Å². The summed E-state index contributed by atoms with van der Waals surface area (Å²) < 4.78 is 6.22. The van der Waals surface area contributed by atoms with E-state index in [0.717, 1.165) is 51.9 Å². The molecule has 0 radical (unpaired) electrons. The monoisotopic (exact) mass is 378 g/mol. The summed E-state index contributed by atoms with van der Waals surface area (Å²) in [6.07, 6.45) is 4.94. The minimum absolute atomic E-state index is 0.0440. The lowest BCUT2D eigenvalue weighted by atomic mass is 9.90. The SMILES string of the molecule is C[NH+]1CCN(C(=O)[C@@H]2COC3(CCCCC3)N2C(=O)c2cccs2)CC1. The highest BCUT2D eigenvalue weighted by molar-refractivity contribution is 7.12. The Morgan fingerprint density at radius 2 is 1.96 bits per heavy atom. The molecule has 142 valence electrons. The Bertz CT molecular complexity index is 649. The largest absolute Gasteiger partial charge is 0.353 e. The van der Waals surface area contributed by atoms with Crippen LogP contribution in [-0.2, 0) is 9.53 Å². The van der Waals surface area contributed by atoms with Crippen molar-refractivity contribution >= 4 is 23.2 Å². The van der Waals surface area contributed by atoms with Gasteiger partial charge in [0.2, 0.25) is 5.91 Å². The van der Waals surface area contributed by atoms with Crippen LogP contribution < -0.4 is 4.90 Å². The number of carbonyl (C=O) groups excluding carboxylic acids is 2. The van der Waals surface area contributed by atoms with Crippen molar-refractivity contribution in [3.8, 4) is 0 Å². The molecule has 4 rings (SSSR count). The molecule has 2 aliphatic heterocycles. The van der Waals surface area contributed by atoms with E-state index in [-0.39, 0.29) is 11.8 Å². The molecule has 1 atom stereocenters. The van der Waals surface area contributed by atoms with Gasteiger partial charge in [-0.1, -0.05) is 12.5 Å². The number of likely N-dealkylation sites (N-methyl/N-ethyl adjacent to an activating group) is 1. The predicted octanol–water partition coefficient (Wildman–Crippen LogP) is 0.606. The highest BCUT2D eigenvalue weighted by atomic mass is 32.1. The standard InChI is InChI=1S/C19H27N3O3S/c1-20-9-11-21(12-10-20)17(23)15-14-25-19(7-3-2-4-8-19)22(15)18(24)16-6-5-13-26-16/h5-6,13,15H,2-4,7-12,14H2,1H3/p+1/t15-/m0/s1. The lowest BCUT2D eigenvalue weighted by molar-refractivity contribution is -0.883. The summed E-state index contributed by atoms with van der Waals surface area (Å²) in [7, 11) is 2.16. The molecule has 0 aromatic carbocycles. The maximum atomic E-state index is 13.3. The third-order valence-electron chi connectivity index (χ3n) is 6.06. The zero-order chi connectivity index (χ0) is 18.1. The first-order valence-corrected chi connectivity index (χ1v) is 10.6. The van der Waals surface area contributed by atoms with Gasteiger partial charge in [0.25, 0.3) is 5.91 Å². The highest BCUT2D eigenvalue weighted by Gasteiger charge is 2.54. The molecule has 3 aliphatic rings. The number of hydrogen-bond donors (Lipinski definition) is 1. The average Bonchev–Trinajstić information content (AvgIpc) is 3.31. The van der Waals surface area contributed by atoms with Crippen molar-refractivity contribution in [1.29, 1.82) is 0 Å². The summed E-state index contributed by atoms with van der Waals surface area (Å²) >= 11 is 1.44. The van der Waals surface area contributed by atoms with Gasteiger partial charge in [0.05, 0.1) is 44.7 Å². The summed E-state index contributed by atoms with van der Waals surface area (Å²) in [6.45, 7) is 3.77. The van der Waals surface area contributed by atoms with E-state index >= 15 is 0 Å². The molecular formula is C19H28N3O3S+. The van der Waals surface area contributed by atoms with Crippen LogP contribution in [0.15, 0.2) is 17.5 Å². The van der Waals surface area contributed by atoms with Gasteiger partial charge in [-0.05, 0) is 37.1 Å². The van der Waals surface area contributed by atoms with Crippen molar-refractivity contribution in [3.05, 3.63) is 22.4 Å². The highest BCUT2D eigenvalue weighted by Crippen LogP contribution is 2.42. The van der Waals surface area contributed by atoms with E-state index in [0.29, 0.717) is 11.5 Å². The molecule has 7 heteroatoms. The van der Waals surface area contributed by atoms with Gasteiger partial charge in [-0.25, -0.2) is 0 Å². The van der Waals surface area contributed by atoms with E-state index in [1.54, 1.807) is 0 Å². The molecular weight excluding hydrogens is 350 g/mol. The number of rotatable bonds is 2. The molecule has 1 saturated carbocycles. The molecule has 1 N–H and O–H groups in total. The number of thiophene rings is 1. The van der Waals surface area contributed by atoms with Crippen molar-refractivity contribution in [2.24, 2.45) is 0 Å². The molecule has 3 heterocycles. The van der Waals surface area contributed by atoms with Crippen LogP contribution in [0.2, 0.25) is 0 Å². The fraction of sp³-hybridized carbons (Fsp3) is 0.684. The lowest BCUT2D eigenvalue weighted by Crippen LogP contribution is -3.12. The number of quaternary nitrogens is 1. The molecule has 2 saturated heterocycles. The van der Waals surface area contributed by atoms with Crippen molar-refractivity contribution in [2.75, 3.05) is 39.8 Å². The van der Waals surface area contributed by atoms with Crippen molar-refractivity contribution < 1.29 is 19.2 Å². The maximum Gasteiger partial charge on any atom is 0.266 e. The van der Waals surface area contributed by atoms with E-state index in [4.69, 9.17) is 4.74 Å². The maximum absolute atomic E-state index is 13.3. The molecule has 1 aliphatic carbocycles. The van der Waals surface area contributed by atoms with Crippen molar-refractivity contribution in [1.82, 2.24) is 9.80 Å². The van der Waals surface area contributed by atoms with Crippen LogP contribution in [0.25, 0.3) is 0 Å². The van der Waals surface area contributed by atoms with Crippen LogP contribution in [0.3, 0.4) is 0 Å². The number of nitrogens with one attached hydrogen (secondary N) is 1. The van der Waals surface area contributed by atoms with Crippen LogP contribution in [0.1, 0.15) is 41.8 Å². The molecule has 1 aromatic heterocycles. The van der Waals surface area contributed by atoms with Gasteiger partial charge in [0, 0.05) is 0 Å². The van der Waals surface area contributed by atoms with Gasteiger partial charge in [0.1, 0.15) is 11.8 Å². The quantitative estimate of drug-likeness (QED) is 0.820. The zero-order valence-corrected chi connectivity index (χ0v) is 16.2. The van der Waals surface area contributed by atoms with Crippen molar-refractivity contribution in [2.45, 2.75) is 43.9 Å². The molecule has 3 fully saturated rings. The first-order valence-electron chi connectivity index (χ1n) is 9.72. The van der Waals surface area contributed by atoms with E-state index in [1.165, 1.54) is 22.7 Å². The second kappa shape index (κ2) is 7.29. The minimum Gasteiger partial charge on any atom is -0.353 e. The Kier molecular flexibility index (Phi) is 5.03. The number of amides is 2. The number of ether oxygens (including phenoxy) is 1. The molecule has 1 aromatic rings. The van der Waals surface area contributed by atoms with E-state index in [9.17, 15) is 9.59 Å². The summed E-state index contributed by atoms with van der Waals surface area (Å²) in [5, 5.41) is 1.91. The third-order valence-corrected chi connectivity index (χ3v) is 6.92. The molecule has 0 bridgehead atoms. The van der Waals surface area contributed by atoms with Gasteiger partial charge < -0.3 is 14.5 Å². The molecule has 2 amide bonds. The van der Waals surface area contributed by atoms with Gasteiger partial charge in [-0.15, -0.1) is 11.3 Å². The second-order valence-corrected chi connectivity index (χ2v) is 8.72. The van der Waals surface area contributed by atoms with Crippen LogP contribution >= 0.6 is 11.3 Å². The summed E-state index contributed by atoms with van der Waals surface area (Å²) in [5.74, 6) is 0.0161. The Morgan fingerprint density at radius 1 is 1.23 bits per heavy atom. The number of carbonyl (C=O) groups is 2. The summed E-state index contributed by atoms with van der Waals surface area (Å²) in [5.41, 5.74) is -0.586. The van der Waals surface area contributed by atoms with Crippen LogP contribution in [0.5, 0.6) is 0 Å². The Labute approximate surface area is 158 Å². The number of nitrogens with zero attached hydrogens (tertiary/aromatic N) is 2. The van der Waals surface area contributed by atoms with Crippen LogP contribution in [-0.4, -0.2) is 73.2 Å². The van der Waals surface area contributed by atoms with Gasteiger partial charge in [-0.3, -0.25) is 14.5 Å². The van der Waals surface area contributed by atoms with Gasteiger partial charge >= 0.3 is 0 Å². The fourth-order valence-electron chi connectivity index (χ4n) is 4.50. The number of piperazine rings is 1. The second-order valence-electron chi connectivity index (χ2n) is 7.77. The Balaban J connectivity index is 1.60. The number of hydrogen-bond acceptors (Lipinski definition) is 4. The van der Waals surface area contributed by atoms with Gasteiger partial charge in [0.15, 0.2) is 0 Å². The molecule has 1 spiro atoms. The van der Waals surface area contributed by atoms with Crippen molar-refractivity contribution in [3.63, 3.8) is 0 Å². The summed E-state index contributed by atoms with van der Waals surface area (Å²) in [6, 6.07) is 3.26. The van der Waals surface area contributed by atoms with Crippen LogP contribution in [0.4, 0.5) is 0 Å². The van der Waals surface area contributed by atoms with E-state index < -0.39 is 11.8 Å². The zero-order valence-electron chi connectivity index (χ0n) is 15.4. The smallest absolute Gasteiger partial charge is 0.266 e. The molecule has 6 nitrogen and oxygen atoms in total. The summed E-state index contributed by atoms with van der Waals surface area (Å²) in [4.78, 5) is 32.5. The molecule has 0 unspecified atom stereocenters. The minimum atomic E-state index is -0.586. The lowest BCUT2D eigenvalue weighted by Gasteiger charge is -2.42. The van der Waals surface area contributed by atoms with E-state index in [1.807, 2.05) is 27.3 Å². The van der Waals surface area contributed by atoms with Gasteiger partial charge in [-0.2, -0.15) is 0 Å². The fourth-order valence-corrected chi connectivity index (χ4v) is 5.16. The predicted molar refractivity (Wildman–Crippen MR) is 99.2 cm³/mol. The third kappa shape index (κ3) is 3.17. The Morgan fingerprint density at radius 3 is 2.62 bits per heavy atom.